The summed E-state index contributed by atoms with van der Waals surface area (Å²) >= 11 is 0. The molecule has 0 aliphatic heterocycles. The van der Waals surface area contributed by atoms with Gasteiger partial charge in [-0.1, -0.05) is 29.9 Å². The third kappa shape index (κ3) is 7.11. The summed E-state index contributed by atoms with van der Waals surface area (Å²) in [5.41, 5.74) is 1.45. The van der Waals surface area contributed by atoms with Crippen molar-refractivity contribution in [2.45, 2.75) is 33.1 Å². The molecule has 0 atom stereocenters. The molecule has 0 fully saturated rings. The van der Waals surface area contributed by atoms with Gasteiger partial charge in [0, 0.05) is 0 Å². The molecule has 11 heavy (non-hydrogen) atoms. The minimum absolute atomic E-state index is 1.09. The second kappa shape index (κ2) is 7.33. The van der Waals surface area contributed by atoms with Crippen molar-refractivity contribution < 1.29 is 0 Å². The highest BCUT2D eigenvalue weighted by Crippen LogP contribution is 2.03. The lowest BCUT2D eigenvalue weighted by atomic mass is 10.1. The van der Waals surface area contributed by atoms with E-state index >= 15 is 0 Å². The molecule has 0 radical (unpaired) electrons. The van der Waals surface area contributed by atoms with Crippen LogP contribution in [0.2, 0.25) is 0 Å². The van der Waals surface area contributed by atoms with Crippen molar-refractivity contribution in [1.82, 2.24) is 0 Å². The summed E-state index contributed by atoms with van der Waals surface area (Å²) in [6.07, 6.45) is 11.8. The molecular formula is C11H18. The van der Waals surface area contributed by atoms with Gasteiger partial charge in [-0.3, -0.25) is 0 Å². The van der Waals surface area contributed by atoms with E-state index in [9.17, 15) is 0 Å². The maximum Gasteiger partial charge on any atom is -0.0142 e. The fourth-order valence-electron chi connectivity index (χ4n) is 0.835. The first kappa shape index (κ1) is 10.2. The molecule has 0 rings (SSSR count). The summed E-state index contributed by atoms with van der Waals surface area (Å²) in [6.45, 7) is 7.90. The van der Waals surface area contributed by atoms with Crippen molar-refractivity contribution in [3.8, 4) is 0 Å². The Labute approximate surface area is 70.3 Å². The van der Waals surface area contributed by atoms with Crippen LogP contribution in [0, 0.1) is 0 Å². The monoisotopic (exact) mass is 150 g/mol. The summed E-state index contributed by atoms with van der Waals surface area (Å²) in [4.78, 5) is 0. The first-order valence-corrected chi connectivity index (χ1v) is 4.19. The van der Waals surface area contributed by atoms with Gasteiger partial charge in [0.1, 0.15) is 0 Å². The molecule has 0 nitrogen and oxygen atoms in total. The van der Waals surface area contributed by atoms with E-state index < -0.39 is 0 Å². The number of unbranched alkanes of at least 4 members (excludes halogenated alkanes) is 1. The van der Waals surface area contributed by atoms with Gasteiger partial charge in [0.25, 0.3) is 0 Å². The van der Waals surface area contributed by atoms with Gasteiger partial charge < -0.3 is 0 Å². The zero-order valence-corrected chi connectivity index (χ0v) is 7.64. The normalized spacial score (nSPS) is 12.4. The molecule has 0 amide bonds. The zero-order chi connectivity index (χ0) is 8.53. The SMILES string of the molecule is C=CCCC=C(C)CC=CC. The van der Waals surface area contributed by atoms with Crippen LogP contribution in [0.3, 0.4) is 0 Å². The molecule has 0 heteroatoms. The molecule has 0 aromatic rings. The summed E-state index contributed by atoms with van der Waals surface area (Å²) in [5.74, 6) is 0. The van der Waals surface area contributed by atoms with Crippen LogP contribution in [0.4, 0.5) is 0 Å². The van der Waals surface area contributed by atoms with Gasteiger partial charge in [-0.05, 0) is 33.1 Å². The average Bonchev–Trinajstić information content (AvgIpc) is 2.01. The van der Waals surface area contributed by atoms with Gasteiger partial charge in [-0.15, -0.1) is 6.58 Å². The second-order valence-corrected chi connectivity index (χ2v) is 2.69. The van der Waals surface area contributed by atoms with E-state index in [1.54, 1.807) is 0 Å². The predicted octanol–water partition coefficient (Wildman–Crippen LogP) is 3.87. The average molecular weight is 150 g/mol. The second-order valence-electron chi connectivity index (χ2n) is 2.69. The Balaban J connectivity index is 3.53. The Kier molecular flexibility index (Phi) is 6.81. The molecule has 0 aliphatic rings. The lowest BCUT2D eigenvalue weighted by molar-refractivity contribution is 1.02. The van der Waals surface area contributed by atoms with E-state index in [4.69, 9.17) is 0 Å². The first-order chi connectivity index (χ1) is 5.31. The van der Waals surface area contributed by atoms with Gasteiger partial charge in [-0.25, -0.2) is 0 Å². The minimum Gasteiger partial charge on any atom is -0.103 e. The molecule has 0 aliphatic carbocycles. The zero-order valence-electron chi connectivity index (χ0n) is 7.64. The minimum atomic E-state index is 1.09. The first-order valence-electron chi connectivity index (χ1n) is 4.19. The lowest BCUT2D eigenvalue weighted by Gasteiger charge is -1.93. The maximum atomic E-state index is 3.68. The maximum absolute atomic E-state index is 3.68. The molecule has 0 N–H and O–H groups in total. The van der Waals surface area contributed by atoms with Crippen LogP contribution >= 0.6 is 0 Å². The molecule has 0 heterocycles. The summed E-state index contributed by atoms with van der Waals surface area (Å²) in [5, 5.41) is 0. The third-order valence-corrected chi connectivity index (χ3v) is 1.54. The van der Waals surface area contributed by atoms with Gasteiger partial charge in [0.05, 0.1) is 0 Å². The Morgan fingerprint density at radius 3 is 2.64 bits per heavy atom. The van der Waals surface area contributed by atoms with Crippen molar-refractivity contribution in [3.05, 3.63) is 36.5 Å². The van der Waals surface area contributed by atoms with Gasteiger partial charge in [0.2, 0.25) is 0 Å². The highest BCUT2D eigenvalue weighted by Gasteiger charge is 1.83. The van der Waals surface area contributed by atoms with Gasteiger partial charge >= 0.3 is 0 Å². The molecular weight excluding hydrogens is 132 g/mol. The molecule has 0 bridgehead atoms. The van der Waals surface area contributed by atoms with E-state index in [1.165, 1.54) is 5.57 Å². The van der Waals surface area contributed by atoms with Gasteiger partial charge in [-0.2, -0.15) is 0 Å². The van der Waals surface area contributed by atoms with Crippen molar-refractivity contribution in [2.24, 2.45) is 0 Å². The van der Waals surface area contributed by atoms with Crippen LogP contribution in [0.25, 0.3) is 0 Å². The molecule has 0 saturated heterocycles. The summed E-state index contributed by atoms with van der Waals surface area (Å²) in [7, 11) is 0. The Morgan fingerprint density at radius 2 is 2.09 bits per heavy atom. The lowest BCUT2D eigenvalue weighted by Crippen LogP contribution is -1.73. The van der Waals surface area contributed by atoms with E-state index in [-0.39, 0.29) is 0 Å². The van der Waals surface area contributed by atoms with E-state index in [0.29, 0.717) is 0 Å². The number of hydrogen-bond acceptors (Lipinski definition) is 0. The van der Waals surface area contributed by atoms with Crippen LogP contribution in [0.5, 0.6) is 0 Å². The van der Waals surface area contributed by atoms with E-state index in [1.807, 2.05) is 6.08 Å². The van der Waals surface area contributed by atoms with Crippen molar-refractivity contribution in [2.75, 3.05) is 0 Å². The molecule has 62 valence electrons. The Hall–Kier alpha value is -0.780. The predicted molar refractivity (Wildman–Crippen MR) is 52.6 cm³/mol. The van der Waals surface area contributed by atoms with Crippen molar-refractivity contribution >= 4 is 0 Å². The van der Waals surface area contributed by atoms with Crippen LogP contribution in [0.15, 0.2) is 36.5 Å². The number of hydrogen-bond donors (Lipinski definition) is 0. The molecule has 0 saturated carbocycles. The summed E-state index contributed by atoms with van der Waals surface area (Å²) < 4.78 is 0. The molecule has 0 unspecified atom stereocenters. The molecule has 0 aromatic heterocycles. The molecule has 0 spiro atoms. The highest BCUT2D eigenvalue weighted by molar-refractivity contribution is 5.04. The van der Waals surface area contributed by atoms with Crippen LogP contribution in [0.1, 0.15) is 33.1 Å². The van der Waals surface area contributed by atoms with E-state index in [0.717, 1.165) is 19.3 Å². The fraction of sp³-hybridized carbons (Fsp3) is 0.455. The smallest absolute Gasteiger partial charge is 0.0142 e. The summed E-state index contributed by atoms with van der Waals surface area (Å²) in [6, 6.07) is 0. The number of rotatable bonds is 5. The van der Waals surface area contributed by atoms with Crippen molar-refractivity contribution in [3.63, 3.8) is 0 Å². The fourth-order valence-corrected chi connectivity index (χ4v) is 0.835. The topological polar surface area (TPSA) is 0 Å². The van der Waals surface area contributed by atoms with Crippen LogP contribution in [-0.4, -0.2) is 0 Å². The number of allylic oxidation sites excluding steroid dienone is 5. The quantitative estimate of drug-likeness (QED) is 0.412. The molecule has 0 aromatic carbocycles. The van der Waals surface area contributed by atoms with Crippen LogP contribution in [-0.2, 0) is 0 Å². The highest BCUT2D eigenvalue weighted by atomic mass is 13.9. The van der Waals surface area contributed by atoms with Crippen LogP contribution < -0.4 is 0 Å². The Bertz CT molecular complexity index is 149. The standard InChI is InChI=1S/C11H18/c1-4-6-8-10-11(3)9-7-5-2/h4-5,7,10H,1,6,8-9H2,2-3H3. The van der Waals surface area contributed by atoms with Crippen molar-refractivity contribution in [1.29, 1.82) is 0 Å². The van der Waals surface area contributed by atoms with E-state index in [2.05, 4.69) is 38.7 Å². The van der Waals surface area contributed by atoms with Gasteiger partial charge in [0.15, 0.2) is 0 Å². The third-order valence-electron chi connectivity index (χ3n) is 1.54. The Morgan fingerprint density at radius 1 is 1.36 bits per heavy atom. The largest absolute Gasteiger partial charge is 0.103 e.